The Morgan fingerprint density at radius 3 is 2.43 bits per heavy atom. The molecular formula is C20H20N2O. The first kappa shape index (κ1) is 15.1. The first-order valence-corrected chi connectivity index (χ1v) is 7.68. The minimum absolute atomic E-state index is 0.0997. The molecule has 2 N–H and O–H groups in total. The summed E-state index contributed by atoms with van der Waals surface area (Å²) in [5.74, 6) is 0.0997. The third kappa shape index (κ3) is 3.51. The van der Waals surface area contributed by atoms with Crippen LogP contribution in [-0.4, -0.2) is 17.9 Å². The Labute approximate surface area is 136 Å². The third-order valence-electron chi connectivity index (χ3n) is 4.05. The summed E-state index contributed by atoms with van der Waals surface area (Å²) in [5, 5.41) is 2.39. The fourth-order valence-electron chi connectivity index (χ4n) is 2.72. The zero-order valence-corrected chi connectivity index (χ0v) is 13.2. The summed E-state index contributed by atoms with van der Waals surface area (Å²) in [6.45, 7) is 0.606. The average Bonchev–Trinajstić information content (AvgIpc) is 2.57. The molecule has 0 aliphatic carbocycles. The lowest BCUT2D eigenvalue weighted by atomic mass is 10.0. The molecule has 0 atom stereocenters. The summed E-state index contributed by atoms with van der Waals surface area (Å²) in [5.41, 5.74) is 8.53. The number of fused-ring (bicyclic) bond motifs is 1. The van der Waals surface area contributed by atoms with Crippen LogP contribution in [0.1, 0.15) is 11.1 Å². The van der Waals surface area contributed by atoms with Gasteiger partial charge in [0.15, 0.2) is 0 Å². The molecule has 3 rings (SSSR count). The molecule has 0 aromatic heterocycles. The van der Waals surface area contributed by atoms with Crippen molar-refractivity contribution < 1.29 is 4.79 Å². The second-order valence-corrected chi connectivity index (χ2v) is 5.81. The number of hydrogen-bond acceptors (Lipinski definition) is 2. The van der Waals surface area contributed by atoms with Crippen LogP contribution >= 0.6 is 0 Å². The number of benzene rings is 3. The van der Waals surface area contributed by atoms with Crippen molar-refractivity contribution in [3.8, 4) is 0 Å². The maximum atomic E-state index is 12.4. The molecule has 0 heterocycles. The molecule has 23 heavy (non-hydrogen) atoms. The van der Waals surface area contributed by atoms with E-state index in [0.717, 1.165) is 11.1 Å². The standard InChI is InChI=1S/C20H20N2O/c1-22(20(23)13-15-9-11-18(21)12-10-15)14-17-7-4-6-16-5-2-3-8-19(16)17/h2-12H,13-14,21H2,1H3. The Hall–Kier alpha value is -2.81. The number of nitrogens with zero attached hydrogens (tertiary/aromatic N) is 1. The normalized spacial score (nSPS) is 10.7. The summed E-state index contributed by atoms with van der Waals surface area (Å²) < 4.78 is 0. The van der Waals surface area contributed by atoms with Crippen LogP contribution in [0.2, 0.25) is 0 Å². The largest absolute Gasteiger partial charge is 0.399 e. The Kier molecular flexibility index (Phi) is 4.29. The van der Waals surface area contributed by atoms with Gasteiger partial charge < -0.3 is 10.6 Å². The molecule has 0 aliphatic rings. The van der Waals surface area contributed by atoms with Gasteiger partial charge in [0.1, 0.15) is 0 Å². The van der Waals surface area contributed by atoms with E-state index in [1.54, 1.807) is 4.90 Å². The van der Waals surface area contributed by atoms with Gasteiger partial charge in [-0.1, -0.05) is 54.6 Å². The van der Waals surface area contributed by atoms with Gasteiger partial charge in [0, 0.05) is 19.3 Å². The van der Waals surface area contributed by atoms with Crippen molar-refractivity contribution in [2.24, 2.45) is 0 Å². The highest BCUT2D eigenvalue weighted by Gasteiger charge is 2.11. The smallest absolute Gasteiger partial charge is 0.227 e. The highest BCUT2D eigenvalue weighted by atomic mass is 16.2. The molecule has 0 spiro atoms. The molecular weight excluding hydrogens is 284 g/mol. The molecule has 1 amide bonds. The number of anilines is 1. The zero-order valence-electron chi connectivity index (χ0n) is 13.2. The number of nitrogen functional groups attached to an aromatic ring is 1. The highest BCUT2D eigenvalue weighted by Crippen LogP contribution is 2.20. The molecule has 0 saturated carbocycles. The molecule has 3 nitrogen and oxygen atoms in total. The number of rotatable bonds is 4. The van der Waals surface area contributed by atoms with Gasteiger partial charge in [-0.05, 0) is 34.0 Å². The van der Waals surface area contributed by atoms with Crippen molar-refractivity contribution in [3.63, 3.8) is 0 Å². The predicted octanol–water partition coefficient (Wildman–Crippen LogP) is 3.62. The fraction of sp³-hybridized carbons (Fsp3) is 0.150. The van der Waals surface area contributed by atoms with Gasteiger partial charge in [-0.15, -0.1) is 0 Å². The monoisotopic (exact) mass is 304 g/mol. The minimum atomic E-state index is 0.0997. The van der Waals surface area contributed by atoms with Crippen LogP contribution in [0.4, 0.5) is 5.69 Å². The Morgan fingerprint density at radius 1 is 0.957 bits per heavy atom. The number of hydrogen-bond donors (Lipinski definition) is 1. The van der Waals surface area contributed by atoms with Gasteiger partial charge >= 0.3 is 0 Å². The summed E-state index contributed by atoms with van der Waals surface area (Å²) >= 11 is 0. The second kappa shape index (κ2) is 6.53. The van der Waals surface area contributed by atoms with E-state index in [2.05, 4.69) is 24.3 Å². The third-order valence-corrected chi connectivity index (χ3v) is 4.05. The molecule has 0 bridgehead atoms. The van der Waals surface area contributed by atoms with Crippen molar-refractivity contribution in [1.82, 2.24) is 4.90 Å². The highest BCUT2D eigenvalue weighted by molar-refractivity contribution is 5.86. The second-order valence-electron chi connectivity index (χ2n) is 5.81. The van der Waals surface area contributed by atoms with E-state index in [4.69, 9.17) is 5.73 Å². The van der Waals surface area contributed by atoms with Gasteiger partial charge in [0.05, 0.1) is 6.42 Å². The van der Waals surface area contributed by atoms with E-state index in [9.17, 15) is 4.79 Å². The summed E-state index contributed by atoms with van der Waals surface area (Å²) in [7, 11) is 1.85. The molecule has 0 aliphatic heterocycles. The predicted molar refractivity (Wildman–Crippen MR) is 95.0 cm³/mol. The molecule has 116 valence electrons. The minimum Gasteiger partial charge on any atom is -0.399 e. The van der Waals surface area contributed by atoms with Crippen LogP contribution in [0.25, 0.3) is 10.8 Å². The van der Waals surface area contributed by atoms with Crippen molar-refractivity contribution in [2.45, 2.75) is 13.0 Å². The Bertz CT molecular complexity index is 819. The first-order valence-electron chi connectivity index (χ1n) is 7.68. The number of carbonyl (C=O) groups excluding carboxylic acids is 1. The van der Waals surface area contributed by atoms with E-state index in [-0.39, 0.29) is 5.91 Å². The van der Waals surface area contributed by atoms with Gasteiger partial charge in [0.2, 0.25) is 5.91 Å². The molecule has 0 radical (unpaired) electrons. The zero-order chi connectivity index (χ0) is 16.2. The van der Waals surface area contributed by atoms with Crippen LogP contribution in [0.5, 0.6) is 0 Å². The van der Waals surface area contributed by atoms with Gasteiger partial charge in [-0.3, -0.25) is 4.79 Å². The van der Waals surface area contributed by atoms with Crippen LogP contribution in [-0.2, 0) is 17.8 Å². The van der Waals surface area contributed by atoms with Crippen molar-refractivity contribution in [2.75, 3.05) is 12.8 Å². The molecule has 0 saturated heterocycles. The van der Waals surface area contributed by atoms with E-state index >= 15 is 0 Å². The summed E-state index contributed by atoms with van der Waals surface area (Å²) in [6.07, 6.45) is 0.390. The lowest BCUT2D eigenvalue weighted by Gasteiger charge is -2.18. The molecule has 0 unspecified atom stereocenters. The Balaban J connectivity index is 1.73. The van der Waals surface area contributed by atoms with Crippen LogP contribution in [0.3, 0.4) is 0 Å². The summed E-state index contributed by atoms with van der Waals surface area (Å²) in [4.78, 5) is 14.2. The van der Waals surface area contributed by atoms with Crippen molar-refractivity contribution in [1.29, 1.82) is 0 Å². The van der Waals surface area contributed by atoms with Crippen molar-refractivity contribution >= 4 is 22.4 Å². The SMILES string of the molecule is CN(Cc1cccc2ccccc12)C(=O)Cc1ccc(N)cc1. The van der Waals surface area contributed by atoms with Crippen LogP contribution < -0.4 is 5.73 Å². The van der Waals surface area contributed by atoms with Crippen LogP contribution in [0.15, 0.2) is 66.7 Å². The topological polar surface area (TPSA) is 46.3 Å². The quantitative estimate of drug-likeness (QED) is 0.748. The fourth-order valence-corrected chi connectivity index (χ4v) is 2.72. The van der Waals surface area contributed by atoms with E-state index in [1.807, 2.05) is 49.5 Å². The molecule has 3 heteroatoms. The number of likely N-dealkylation sites (N-methyl/N-ethyl adjacent to an activating group) is 1. The maximum absolute atomic E-state index is 12.4. The van der Waals surface area contributed by atoms with Crippen LogP contribution in [0, 0.1) is 0 Å². The van der Waals surface area contributed by atoms with Gasteiger partial charge in [-0.25, -0.2) is 0 Å². The average molecular weight is 304 g/mol. The van der Waals surface area contributed by atoms with Gasteiger partial charge in [0.25, 0.3) is 0 Å². The molecule has 3 aromatic carbocycles. The van der Waals surface area contributed by atoms with E-state index < -0.39 is 0 Å². The number of carbonyl (C=O) groups is 1. The molecule has 0 fully saturated rings. The number of nitrogens with two attached hydrogens (primary N) is 1. The number of amides is 1. The van der Waals surface area contributed by atoms with E-state index in [0.29, 0.717) is 18.7 Å². The first-order chi connectivity index (χ1) is 11.1. The van der Waals surface area contributed by atoms with Gasteiger partial charge in [-0.2, -0.15) is 0 Å². The lowest BCUT2D eigenvalue weighted by Crippen LogP contribution is -2.27. The summed E-state index contributed by atoms with van der Waals surface area (Å²) in [6, 6.07) is 21.9. The van der Waals surface area contributed by atoms with Crippen molar-refractivity contribution in [3.05, 3.63) is 77.9 Å². The molecule has 3 aromatic rings. The maximum Gasteiger partial charge on any atom is 0.227 e. The Morgan fingerprint density at radius 2 is 1.65 bits per heavy atom. The lowest BCUT2D eigenvalue weighted by molar-refractivity contribution is -0.129. The van der Waals surface area contributed by atoms with E-state index in [1.165, 1.54) is 10.8 Å².